The molecule has 158 valence electrons. The summed E-state index contributed by atoms with van der Waals surface area (Å²) in [6.07, 6.45) is 0. The molecule has 0 aliphatic rings. The van der Waals surface area contributed by atoms with Crippen molar-refractivity contribution in [2.45, 2.75) is 13.8 Å². The molecule has 7 heteroatoms. The maximum Gasteiger partial charge on any atom is 0.340 e. The molecule has 0 fully saturated rings. The zero-order chi connectivity index (χ0) is 22.4. The lowest BCUT2D eigenvalue weighted by molar-refractivity contribution is -0.119. The van der Waals surface area contributed by atoms with E-state index >= 15 is 0 Å². The average molecular weight is 437 g/mol. The van der Waals surface area contributed by atoms with E-state index < -0.39 is 18.5 Å². The molecule has 2 amide bonds. The van der Waals surface area contributed by atoms with E-state index in [0.717, 1.165) is 11.1 Å². The smallest absolute Gasteiger partial charge is 0.340 e. The summed E-state index contributed by atoms with van der Waals surface area (Å²) in [7, 11) is 0. The molecular weight excluding hydrogens is 416 g/mol. The fourth-order valence-corrected chi connectivity index (χ4v) is 3.38. The second kappa shape index (κ2) is 9.91. The van der Waals surface area contributed by atoms with E-state index in [1.54, 1.807) is 54.6 Å². The zero-order valence-corrected chi connectivity index (χ0v) is 17.8. The molecule has 0 unspecified atom stereocenters. The molecule has 0 saturated heterocycles. The SMILES string of the molecule is Cc1cc(C)c(NC(=O)COC(=O)c2ccccc2NC(=O)c2ccccc2)c(Cl)c1. The van der Waals surface area contributed by atoms with Gasteiger partial charge in [-0.2, -0.15) is 0 Å². The molecule has 2 N–H and O–H groups in total. The highest BCUT2D eigenvalue weighted by molar-refractivity contribution is 6.34. The third-order valence-corrected chi connectivity index (χ3v) is 4.76. The maximum atomic E-state index is 12.5. The van der Waals surface area contributed by atoms with Crippen molar-refractivity contribution in [3.05, 3.63) is 94.0 Å². The summed E-state index contributed by atoms with van der Waals surface area (Å²) in [6.45, 7) is 3.23. The van der Waals surface area contributed by atoms with Crippen LogP contribution in [0.1, 0.15) is 31.8 Å². The fourth-order valence-electron chi connectivity index (χ4n) is 3.01. The fraction of sp³-hybridized carbons (Fsp3) is 0.125. The first-order valence-electron chi connectivity index (χ1n) is 9.54. The largest absolute Gasteiger partial charge is 0.452 e. The summed E-state index contributed by atoms with van der Waals surface area (Å²) in [4.78, 5) is 37.2. The lowest BCUT2D eigenvalue weighted by Crippen LogP contribution is -2.22. The predicted molar refractivity (Wildman–Crippen MR) is 121 cm³/mol. The number of ether oxygens (including phenoxy) is 1. The van der Waals surface area contributed by atoms with Crippen molar-refractivity contribution in [2.75, 3.05) is 17.2 Å². The highest BCUT2D eigenvalue weighted by Crippen LogP contribution is 2.27. The van der Waals surface area contributed by atoms with Crippen LogP contribution in [0, 0.1) is 13.8 Å². The zero-order valence-electron chi connectivity index (χ0n) is 17.1. The third-order valence-electron chi connectivity index (χ3n) is 4.46. The summed E-state index contributed by atoms with van der Waals surface area (Å²) < 4.78 is 5.15. The van der Waals surface area contributed by atoms with Crippen molar-refractivity contribution < 1.29 is 19.1 Å². The molecule has 0 heterocycles. The molecule has 0 aromatic heterocycles. The van der Waals surface area contributed by atoms with Gasteiger partial charge in [-0.05, 0) is 55.3 Å². The number of halogens is 1. The number of hydrogen-bond acceptors (Lipinski definition) is 4. The highest BCUT2D eigenvalue weighted by atomic mass is 35.5. The van der Waals surface area contributed by atoms with Gasteiger partial charge in [0.25, 0.3) is 11.8 Å². The van der Waals surface area contributed by atoms with Crippen LogP contribution in [-0.2, 0) is 9.53 Å². The summed E-state index contributed by atoms with van der Waals surface area (Å²) in [5.41, 5.74) is 3.14. The molecule has 0 saturated carbocycles. The average Bonchev–Trinajstić information content (AvgIpc) is 2.75. The van der Waals surface area contributed by atoms with Crippen LogP contribution < -0.4 is 10.6 Å². The van der Waals surface area contributed by atoms with E-state index in [-0.39, 0.29) is 11.5 Å². The molecule has 0 spiro atoms. The number of para-hydroxylation sites is 1. The Hall–Kier alpha value is -3.64. The van der Waals surface area contributed by atoms with Gasteiger partial charge in [0.05, 0.1) is 22.0 Å². The van der Waals surface area contributed by atoms with E-state index in [0.29, 0.717) is 22.0 Å². The predicted octanol–water partition coefficient (Wildman–Crippen LogP) is 5.00. The van der Waals surface area contributed by atoms with Crippen LogP contribution in [0.3, 0.4) is 0 Å². The quantitative estimate of drug-likeness (QED) is 0.532. The molecule has 0 atom stereocenters. The van der Waals surface area contributed by atoms with E-state index in [1.807, 2.05) is 19.9 Å². The molecule has 3 rings (SSSR count). The van der Waals surface area contributed by atoms with Crippen LogP contribution >= 0.6 is 11.6 Å². The van der Waals surface area contributed by atoms with E-state index in [4.69, 9.17) is 16.3 Å². The summed E-state index contributed by atoms with van der Waals surface area (Å²) >= 11 is 6.19. The van der Waals surface area contributed by atoms with E-state index in [2.05, 4.69) is 10.6 Å². The summed E-state index contributed by atoms with van der Waals surface area (Å²) in [6, 6.07) is 18.7. The molecule has 3 aromatic rings. The first-order chi connectivity index (χ1) is 14.8. The Labute approximate surface area is 185 Å². The van der Waals surface area contributed by atoms with Crippen LogP contribution in [-0.4, -0.2) is 24.4 Å². The molecule has 6 nitrogen and oxygen atoms in total. The van der Waals surface area contributed by atoms with Gasteiger partial charge in [0, 0.05) is 5.56 Å². The second-order valence-electron chi connectivity index (χ2n) is 6.93. The number of aryl methyl sites for hydroxylation is 2. The van der Waals surface area contributed by atoms with Gasteiger partial charge in [-0.3, -0.25) is 9.59 Å². The van der Waals surface area contributed by atoms with Crippen LogP contribution in [0.15, 0.2) is 66.7 Å². The number of carbonyl (C=O) groups is 3. The summed E-state index contributed by atoms with van der Waals surface area (Å²) in [5.74, 6) is -1.61. The first-order valence-corrected chi connectivity index (χ1v) is 9.92. The molecule has 3 aromatic carbocycles. The number of carbonyl (C=O) groups excluding carboxylic acids is 3. The number of esters is 1. The number of rotatable bonds is 6. The van der Waals surface area contributed by atoms with Crippen molar-refractivity contribution in [1.82, 2.24) is 0 Å². The topological polar surface area (TPSA) is 84.5 Å². The van der Waals surface area contributed by atoms with Gasteiger partial charge in [-0.1, -0.05) is 48.0 Å². The number of nitrogens with one attached hydrogen (secondary N) is 2. The van der Waals surface area contributed by atoms with Gasteiger partial charge in [0.2, 0.25) is 0 Å². The van der Waals surface area contributed by atoms with Gasteiger partial charge in [-0.15, -0.1) is 0 Å². The minimum Gasteiger partial charge on any atom is -0.452 e. The standard InChI is InChI=1S/C24H21ClN2O4/c1-15-12-16(2)22(19(25)13-15)27-21(28)14-31-24(30)18-10-6-7-11-20(18)26-23(29)17-8-4-3-5-9-17/h3-13H,14H2,1-2H3,(H,26,29)(H,27,28). The van der Waals surface area contributed by atoms with Crippen LogP contribution in [0.2, 0.25) is 5.02 Å². The maximum absolute atomic E-state index is 12.5. The first kappa shape index (κ1) is 22.1. The molecule has 31 heavy (non-hydrogen) atoms. The normalized spacial score (nSPS) is 10.3. The number of hydrogen-bond donors (Lipinski definition) is 2. The Kier molecular flexibility index (Phi) is 7.05. The Morgan fingerprint density at radius 3 is 2.29 bits per heavy atom. The molecule has 0 aliphatic carbocycles. The molecule has 0 radical (unpaired) electrons. The lowest BCUT2D eigenvalue weighted by Gasteiger charge is -2.13. The molecular formula is C24H21ClN2O4. The Balaban J connectivity index is 1.65. The minimum absolute atomic E-state index is 0.143. The minimum atomic E-state index is -0.731. The third kappa shape index (κ3) is 5.71. The monoisotopic (exact) mass is 436 g/mol. The highest BCUT2D eigenvalue weighted by Gasteiger charge is 2.17. The van der Waals surface area contributed by atoms with Crippen molar-refractivity contribution in [2.24, 2.45) is 0 Å². The van der Waals surface area contributed by atoms with Crippen molar-refractivity contribution in [3.63, 3.8) is 0 Å². The van der Waals surface area contributed by atoms with Crippen LogP contribution in [0.4, 0.5) is 11.4 Å². The summed E-state index contributed by atoms with van der Waals surface area (Å²) in [5, 5.41) is 5.77. The second-order valence-corrected chi connectivity index (χ2v) is 7.34. The van der Waals surface area contributed by atoms with E-state index in [1.165, 1.54) is 6.07 Å². The van der Waals surface area contributed by atoms with Gasteiger partial charge in [-0.25, -0.2) is 4.79 Å². The van der Waals surface area contributed by atoms with Gasteiger partial charge < -0.3 is 15.4 Å². The van der Waals surface area contributed by atoms with Crippen LogP contribution in [0.25, 0.3) is 0 Å². The van der Waals surface area contributed by atoms with Crippen molar-refractivity contribution >= 4 is 40.8 Å². The number of amides is 2. The van der Waals surface area contributed by atoms with Gasteiger partial charge >= 0.3 is 5.97 Å². The Bertz CT molecular complexity index is 1110. The number of anilines is 2. The van der Waals surface area contributed by atoms with Crippen LogP contribution in [0.5, 0.6) is 0 Å². The van der Waals surface area contributed by atoms with Gasteiger partial charge in [0.15, 0.2) is 6.61 Å². The van der Waals surface area contributed by atoms with Crippen molar-refractivity contribution in [3.8, 4) is 0 Å². The lowest BCUT2D eigenvalue weighted by atomic mass is 10.1. The molecule has 0 aliphatic heterocycles. The number of benzene rings is 3. The molecule has 0 bridgehead atoms. The van der Waals surface area contributed by atoms with E-state index in [9.17, 15) is 14.4 Å². The van der Waals surface area contributed by atoms with Crippen molar-refractivity contribution in [1.29, 1.82) is 0 Å². The van der Waals surface area contributed by atoms with Gasteiger partial charge in [0.1, 0.15) is 0 Å². The Morgan fingerprint density at radius 2 is 1.58 bits per heavy atom. The Morgan fingerprint density at radius 1 is 0.903 bits per heavy atom.